The number of likely N-dealkylation sites (tertiary alicyclic amines) is 1. The van der Waals surface area contributed by atoms with Gasteiger partial charge in [-0.05, 0) is 44.9 Å². The molecule has 1 amide bonds. The molecule has 0 aromatic heterocycles. The summed E-state index contributed by atoms with van der Waals surface area (Å²) in [5, 5.41) is 12.9. The number of nitrogens with zero attached hydrogens (tertiary/aromatic N) is 1. The van der Waals surface area contributed by atoms with Gasteiger partial charge in [-0.1, -0.05) is 12.1 Å². The van der Waals surface area contributed by atoms with Crippen LogP contribution in [0.2, 0.25) is 0 Å². The highest BCUT2D eigenvalue weighted by molar-refractivity contribution is 5.68. The van der Waals surface area contributed by atoms with Crippen LogP contribution in [0.4, 0.5) is 10.5 Å². The summed E-state index contributed by atoms with van der Waals surface area (Å²) >= 11 is 0. The zero-order chi connectivity index (χ0) is 17.7. The normalized spacial score (nSPS) is 19.2. The van der Waals surface area contributed by atoms with Gasteiger partial charge >= 0.3 is 6.09 Å². The summed E-state index contributed by atoms with van der Waals surface area (Å²) in [5.74, 6) is 0. The van der Waals surface area contributed by atoms with Crippen LogP contribution in [0, 0.1) is 0 Å². The zero-order valence-corrected chi connectivity index (χ0v) is 14.9. The molecule has 6 heteroatoms. The van der Waals surface area contributed by atoms with Crippen molar-refractivity contribution in [3.8, 4) is 0 Å². The fourth-order valence-electron chi connectivity index (χ4n) is 2.63. The SMILES string of the molecule is COC(O)Cc1ccc(NC2CCN(C(=O)OC(C)(C)C)C2)cc1. The van der Waals surface area contributed by atoms with Gasteiger partial charge < -0.3 is 24.8 Å². The topological polar surface area (TPSA) is 71.0 Å². The first-order valence-electron chi connectivity index (χ1n) is 8.31. The first-order chi connectivity index (χ1) is 11.3. The number of nitrogens with one attached hydrogen (secondary N) is 1. The third kappa shape index (κ3) is 5.69. The van der Waals surface area contributed by atoms with Crippen molar-refractivity contribution in [2.24, 2.45) is 0 Å². The Morgan fingerprint density at radius 2 is 2.04 bits per heavy atom. The number of aliphatic hydroxyl groups is 1. The van der Waals surface area contributed by atoms with Crippen LogP contribution >= 0.6 is 0 Å². The number of aliphatic hydroxyl groups excluding tert-OH is 1. The van der Waals surface area contributed by atoms with E-state index >= 15 is 0 Å². The largest absolute Gasteiger partial charge is 0.444 e. The summed E-state index contributed by atoms with van der Waals surface area (Å²) in [6.45, 7) is 6.96. The highest BCUT2D eigenvalue weighted by Crippen LogP contribution is 2.19. The predicted molar refractivity (Wildman–Crippen MR) is 93.0 cm³/mol. The minimum atomic E-state index is -0.777. The second kappa shape index (κ2) is 7.85. The molecule has 1 fully saturated rings. The molecule has 6 nitrogen and oxygen atoms in total. The fourth-order valence-corrected chi connectivity index (χ4v) is 2.63. The quantitative estimate of drug-likeness (QED) is 0.809. The highest BCUT2D eigenvalue weighted by Gasteiger charge is 2.29. The lowest BCUT2D eigenvalue weighted by atomic mass is 10.1. The van der Waals surface area contributed by atoms with E-state index in [1.54, 1.807) is 4.90 Å². The first-order valence-corrected chi connectivity index (χ1v) is 8.31. The van der Waals surface area contributed by atoms with E-state index in [0.29, 0.717) is 19.5 Å². The molecule has 134 valence electrons. The van der Waals surface area contributed by atoms with Crippen molar-refractivity contribution in [3.05, 3.63) is 29.8 Å². The van der Waals surface area contributed by atoms with E-state index in [1.165, 1.54) is 7.11 Å². The molecule has 2 unspecified atom stereocenters. The van der Waals surface area contributed by atoms with Crippen LogP contribution in [0.25, 0.3) is 0 Å². The monoisotopic (exact) mass is 336 g/mol. The number of amides is 1. The summed E-state index contributed by atoms with van der Waals surface area (Å²) in [6, 6.07) is 8.10. The van der Waals surface area contributed by atoms with Crippen molar-refractivity contribution in [1.82, 2.24) is 4.90 Å². The third-order valence-electron chi connectivity index (χ3n) is 3.85. The van der Waals surface area contributed by atoms with Gasteiger partial charge in [0.15, 0.2) is 6.29 Å². The van der Waals surface area contributed by atoms with Crippen molar-refractivity contribution in [3.63, 3.8) is 0 Å². The molecule has 1 saturated heterocycles. The molecule has 2 atom stereocenters. The number of rotatable bonds is 5. The Kier molecular flexibility index (Phi) is 6.07. The van der Waals surface area contributed by atoms with E-state index in [2.05, 4.69) is 5.32 Å². The van der Waals surface area contributed by atoms with Crippen LogP contribution in [0.1, 0.15) is 32.8 Å². The second-order valence-electron chi connectivity index (χ2n) is 7.15. The van der Waals surface area contributed by atoms with Gasteiger partial charge in [-0.2, -0.15) is 0 Å². The summed E-state index contributed by atoms with van der Waals surface area (Å²) in [5.41, 5.74) is 1.55. The van der Waals surface area contributed by atoms with Crippen LogP contribution in [0.5, 0.6) is 0 Å². The van der Waals surface area contributed by atoms with Crippen molar-refractivity contribution in [2.75, 3.05) is 25.5 Å². The van der Waals surface area contributed by atoms with Gasteiger partial charge in [0.2, 0.25) is 0 Å². The van der Waals surface area contributed by atoms with Gasteiger partial charge in [0.05, 0.1) is 0 Å². The van der Waals surface area contributed by atoms with Gasteiger partial charge in [-0.3, -0.25) is 0 Å². The Morgan fingerprint density at radius 1 is 1.38 bits per heavy atom. The van der Waals surface area contributed by atoms with Gasteiger partial charge in [-0.15, -0.1) is 0 Å². The van der Waals surface area contributed by atoms with Crippen LogP contribution in [0.3, 0.4) is 0 Å². The third-order valence-corrected chi connectivity index (χ3v) is 3.85. The number of carbonyl (C=O) groups excluding carboxylic acids is 1. The van der Waals surface area contributed by atoms with E-state index in [4.69, 9.17) is 9.47 Å². The molecule has 0 aliphatic carbocycles. The van der Waals surface area contributed by atoms with Crippen LogP contribution in [-0.4, -0.2) is 54.2 Å². The number of benzene rings is 1. The van der Waals surface area contributed by atoms with E-state index in [0.717, 1.165) is 17.7 Å². The maximum atomic E-state index is 12.1. The average Bonchev–Trinajstić information content (AvgIpc) is 2.96. The molecule has 1 heterocycles. The molecule has 0 spiro atoms. The van der Waals surface area contributed by atoms with Crippen molar-refractivity contribution in [2.45, 2.75) is 51.5 Å². The summed E-state index contributed by atoms with van der Waals surface area (Å²) in [7, 11) is 1.48. The van der Waals surface area contributed by atoms with E-state index < -0.39 is 11.9 Å². The summed E-state index contributed by atoms with van der Waals surface area (Å²) < 4.78 is 10.3. The Balaban J connectivity index is 1.83. The average molecular weight is 336 g/mol. The number of hydrogen-bond donors (Lipinski definition) is 2. The van der Waals surface area contributed by atoms with Gasteiger partial charge in [-0.25, -0.2) is 4.79 Å². The molecule has 0 bridgehead atoms. The lowest BCUT2D eigenvalue weighted by Gasteiger charge is -2.24. The molecule has 0 radical (unpaired) electrons. The van der Waals surface area contributed by atoms with Crippen LogP contribution in [0.15, 0.2) is 24.3 Å². The lowest BCUT2D eigenvalue weighted by molar-refractivity contribution is -0.0720. The van der Waals surface area contributed by atoms with Gasteiger partial charge in [0.25, 0.3) is 0 Å². The molecule has 0 saturated carbocycles. The molecular weight excluding hydrogens is 308 g/mol. The number of carbonyl (C=O) groups is 1. The van der Waals surface area contributed by atoms with Crippen LogP contribution < -0.4 is 5.32 Å². The number of anilines is 1. The van der Waals surface area contributed by atoms with Crippen LogP contribution in [-0.2, 0) is 15.9 Å². The molecule has 1 aliphatic rings. The zero-order valence-electron chi connectivity index (χ0n) is 14.9. The molecule has 2 N–H and O–H groups in total. The maximum Gasteiger partial charge on any atom is 0.410 e. The minimum Gasteiger partial charge on any atom is -0.444 e. The fraction of sp³-hybridized carbons (Fsp3) is 0.611. The Morgan fingerprint density at radius 3 is 2.62 bits per heavy atom. The molecule has 1 aliphatic heterocycles. The van der Waals surface area contributed by atoms with Gasteiger partial charge in [0, 0.05) is 38.3 Å². The standard InChI is InChI=1S/C18H28N2O4/c1-18(2,3)24-17(22)20-10-9-15(12-20)19-14-7-5-13(6-8-14)11-16(21)23-4/h5-8,15-16,19,21H,9-12H2,1-4H3. The Bertz CT molecular complexity index is 539. The maximum absolute atomic E-state index is 12.1. The van der Waals surface area contributed by atoms with Crippen molar-refractivity contribution >= 4 is 11.8 Å². The first kappa shape index (κ1) is 18.5. The lowest BCUT2D eigenvalue weighted by Crippen LogP contribution is -2.36. The van der Waals surface area contributed by atoms with E-state index in [-0.39, 0.29) is 12.1 Å². The van der Waals surface area contributed by atoms with Crippen molar-refractivity contribution in [1.29, 1.82) is 0 Å². The molecule has 24 heavy (non-hydrogen) atoms. The summed E-state index contributed by atoms with van der Waals surface area (Å²) in [6.07, 6.45) is 0.326. The Hall–Kier alpha value is -1.79. The predicted octanol–water partition coefficient (Wildman–Crippen LogP) is 2.62. The molecule has 1 aromatic carbocycles. The number of hydrogen-bond acceptors (Lipinski definition) is 5. The minimum absolute atomic E-state index is 0.216. The highest BCUT2D eigenvalue weighted by atomic mass is 16.6. The van der Waals surface area contributed by atoms with E-state index in [1.807, 2.05) is 45.0 Å². The van der Waals surface area contributed by atoms with Crippen molar-refractivity contribution < 1.29 is 19.4 Å². The number of ether oxygens (including phenoxy) is 2. The molecule has 1 aromatic rings. The molecular formula is C18H28N2O4. The second-order valence-corrected chi connectivity index (χ2v) is 7.15. The molecule has 2 rings (SSSR count). The Labute approximate surface area is 143 Å². The van der Waals surface area contributed by atoms with Gasteiger partial charge in [0.1, 0.15) is 5.60 Å². The smallest absolute Gasteiger partial charge is 0.410 e. The van der Waals surface area contributed by atoms with E-state index in [9.17, 15) is 9.90 Å². The summed E-state index contributed by atoms with van der Waals surface area (Å²) in [4.78, 5) is 13.8. The number of methoxy groups -OCH3 is 1.